The summed E-state index contributed by atoms with van der Waals surface area (Å²) in [5, 5.41) is 11.0. The fourth-order valence-corrected chi connectivity index (χ4v) is 1.84. The number of nitrogens with zero attached hydrogens (tertiary/aromatic N) is 1. The second kappa shape index (κ2) is 6.89. The number of carbonyl (C=O) groups is 2. The van der Waals surface area contributed by atoms with Crippen molar-refractivity contribution in [3.63, 3.8) is 0 Å². The predicted molar refractivity (Wildman–Crippen MR) is 73.3 cm³/mol. The lowest BCUT2D eigenvalue weighted by atomic mass is 9.96. The van der Waals surface area contributed by atoms with Gasteiger partial charge in [-0.2, -0.15) is 18.4 Å². The van der Waals surface area contributed by atoms with Crippen molar-refractivity contribution >= 4 is 17.3 Å². The van der Waals surface area contributed by atoms with E-state index in [4.69, 9.17) is 5.26 Å². The third kappa shape index (κ3) is 3.95. The standard InChI is InChI=1S/C15H13F3N2O2/c1-9(7-13(21)11(8-19)14(22)20-2)10-5-3-4-6-12(10)15(16,17)18/h3-7,11H,1-2H3,(H,20,22)/b9-7+. The zero-order valence-electron chi connectivity index (χ0n) is 11.9. The average Bonchev–Trinajstić information content (AvgIpc) is 2.46. The Labute approximate surface area is 125 Å². The van der Waals surface area contributed by atoms with Gasteiger partial charge in [-0.1, -0.05) is 18.2 Å². The van der Waals surface area contributed by atoms with Crippen molar-refractivity contribution in [2.75, 3.05) is 7.05 Å². The van der Waals surface area contributed by atoms with Gasteiger partial charge in [0, 0.05) is 7.05 Å². The SMILES string of the molecule is CNC(=O)C(C#N)C(=O)/C=C(\C)c1ccccc1C(F)(F)F. The molecule has 1 rings (SSSR count). The maximum absolute atomic E-state index is 12.9. The number of alkyl halides is 3. The minimum atomic E-state index is -4.57. The van der Waals surface area contributed by atoms with E-state index in [1.807, 2.05) is 0 Å². The molecule has 116 valence electrons. The molecule has 0 bridgehead atoms. The number of benzene rings is 1. The maximum atomic E-state index is 12.9. The molecule has 22 heavy (non-hydrogen) atoms. The minimum Gasteiger partial charge on any atom is -0.358 e. The largest absolute Gasteiger partial charge is 0.416 e. The van der Waals surface area contributed by atoms with Gasteiger partial charge < -0.3 is 5.32 Å². The molecule has 0 spiro atoms. The van der Waals surface area contributed by atoms with E-state index in [2.05, 4.69) is 5.32 Å². The van der Waals surface area contributed by atoms with Crippen LogP contribution in [0.15, 0.2) is 30.3 Å². The fraction of sp³-hybridized carbons (Fsp3) is 0.267. The van der Waals surface area contributed by atoms with Gasteiger partial charge in [0.1, 0.15) is 0 Å². The third-order valence-electron chi connectivity index (χ3n) is 2.94. The molecule has 0 saturated carbocycles. The summed E-state index contributed by atoms with van der Waals surface area (Å²) in [6.45, 7) is 1.32. The van der Waals surface area contributed by atoms with Crippen molar-refractivity contribution < 1.29 is 22.8 Å². The molecule has 1 unspecified atom stereocenters. The minimum absolute atomic E-state index is 0.0297. The van der Waals surface area contributed by atoms with E-state index in [9.17, 15) is 22.8 Å². The highest BCUT2D eigenvalue weighted by atomic mass is 19.4. The number of hydrogen-bond acceptors (Lipinski definition) is 3. The lowest BCUT2D eigenvalue weighted by Crippen LogP contribution is -2.31. The van der Waals surface area contributed by atoms with Crippen molar-refractivity contribution in [1.29, 1.82) is 5.26 Å². The van der Waals surface area contributed by atoms with Gasteiger partial charge in [0.05, 0.1) is 11.6 Å². The predicted octanol–water partition coefficient (Wildman–Crippen LogP) is 2.56. The van der Waals surface area contributed by atoms with E-state index in [0.29, 0.717) is 0 Å². The summed E-state index contributed by atoms with van der Waals surface area (Å²) in [5.74, 6) is -3.25. The summed E-state index contributed by atoms with van der Waals surface area (Å²) in [7, 11) is 1.26. The van der Waals surface area contributed by atoms with Crippen LogP contribution in [-0.2, 0) is 15.8 Å². The Balaban J connectivity index is 3.22. The van der Waals surface area contributed by atoms with Gasteiger partial charge in [-0.05, 0) is 30.2 Å². The second-order valence-corrected chi connectivity index (χ2v) is 4.45. The number of nitriles is 1. The number of rotatable bonds is 4. The molecule has 0 saturated heterocycles. The van der Waals surface area contributed by atoms with Crippen LogP contribution in [0.25, 0.3) is 5.57 Å². The third-order valence-corrected chi connectivity index (χ3v) is 2.94. The van der Waals surface area contributed by atoms with Crippen LogP contribution in [-0.4, -0.2) is 18.7 Å². The molecule has 1 aromatic carbocycles. The molecule has 0 fully saturated rings. The van der Waals surface area contributed by atoms with Crippen LogP contribution in [0.2, 0.25) is 0 Å². The number of carbonyl (C=O) groups excluding carboxylic acids is 2. The van der Waals surface area contributed by atoms with Gasteiger partial charge in [0.15, 0.2) is 11.7 Å². The van der Waals surface area contributed by atoms with Crippen LogP contribution in [0.5, 0.6) is 0 Å². The van der Waals surface area contributed by atoms with E-state index in [1.165, 1.54) is 38.2 Å². The molecule has 1 atom stereocenters. The molecule has 1 amide bonds. The number of allylic oxidation sites excluding steroid dienone is 2. The number of ketones is 1. The zero-order valence-corrected chi connectivity index (χ0v) is 11.9. The topological polar surface area (TPSA) is 70.0 Å². The monoisotopic (exact) mass is 310 g/mol. The molecule has 7 heteroatoms. The Morgan fingerprint density at radius 2 is 1.91 bits per heavy atom. The second-order valence-electron chi connectivity index (χ2n) is 4.45. The lowest BCUT2D eigenvalue weighted by molar-refractivity contribution is -0.138. The van der Waals surface area contributed by atoms with Crippen molar-refractivity contribution in [3.05, 3.63) is 41.5 Å². The smallest absolute Gasteiger partial charge is 0.358 e. The number of halogens is 3. The first kappa shape index (κ1) is 17.4. The first-order chi connectivity index (χ1) is 10.2. The zero-order chi connectivity index (χ0) is 16.9. The van der Waals surface area contributed by atoms with Gasteiger partial charge in [-0.3, -0.25) is 9.59 Å². The molecule has 0 aliphatic heterocycles. The molecular weight excluding hydrogens is 297 g/mol. The van der Waals surface area contributed by atoms with Gasteiger partial charge in [-0.25, -0.2) is 0 Å². The fourth-order valence-electron chi connectivity index (χ4n) is 1.84. The molecule has 1 aromatic rings. The van der Waals surface area contributed by atoms with Gasteiger partial charge >= 0.3 is 6.18 Å². The highest BCUT2D eigenvalue weighted by Crippen LogP contribution is 2.34. The highest BCUT2D eigenvalue weighted by molar-refractivity contribution is 6.11. The summed E-state index contributed by atoms with van der Waals surface area (Å²) < 4.78 is 38.8. The Morgan fingerprint density at radius 1 is 1.32 bits per heavy atom. The van der Waals surface area contributed by atoms with Crippen molar-refractivity contribution in [1.82, 2.24) is 5.32 Å². The van der Waals surface area contributed by atoms with Crippen LogP contribution < -0.4 is 5.32 Å². The van der Waals surface area contributed by atoms with E-state index < -0.39 is 29.3 Å². The van der Waals surface area contributed by atoms with Crippen LogP contribution in [0.1, 0.15) is 18.1 Å². The van der Waals surface area contributed by atoms with Crippen molar-refractivity contribution in [3.8, 4) is 6.07 Å². The Morgan fingerprint density at radius 3 is 2.41 bits per heavy atom. The quantitative estimate of drug-likeness (QED) is 0.686. The van der Waals surface area contributed by atoms with E-state index in [-0.39, 0.29) is 11.1 Å². The average molecular weight is 310 g/mol. The summed E-state index contributed by atoms with van der Waals surface area (Å²) >= 11 is 0. The number of nitrogens with one attached hydrogen (secondary N) is 1. The molecule has 0 radical (unpaired) electrons. The van der Waals surface area contributed by atoms with E-state index in [0.717, 1.165) is 12.1 Å². The lowest BCUT2D eigenvalue weighted by Gasteiger charge is -2.13. The van der Waals surface area contributed by atoms with Gasteiger partial charge in [0.2, 0.25) is 5.91 Å². The van der Waals surface area contributed by atoms with Crippen LogP contribution >= 0.6 is 0 Å². The van der Waals surface area contributed by atoms with E-state index >= 15 is 0 Å². The Kier molecular flexibility index (Phi) is 5.46. The van der Waals surface area contributed by atoms with E-state index in [1.54, 1.807) is 0 Å². The summed E-state index contributed by atoms with van der Waals surface area (Å²) in [6.07, 6.45) is -3.68. The molecule has 4 nitrogen and oxygen atoms in total. The van der Waals surface area contributed by atoms with Crippen LogP contribution in [0.4, 0.5) is 13.2 Å². The van der Waals surface area contributed by atoms with Crippen LogP contribution in [0.3, 0.4) is 0 Å². The number of hydrogen-bond donors (Lipinski definition) is 1. The molecule has 0 aliphatic carbocycles. The van der Waals surface area contributed by atoms with Crippen molar-refractivity contribution in [2.24, 2.45) is 5.92 Å². The maximum Gasteiger partial charge on any atom is 0.416 e. The Bertz CT molecular complexity index is 657. The first-order valence-corrected chi connectivity index (χ1v) is 6.22. The molecule has 1 N–H and O–H groups in total. The summed E-state index contributed by atoms with van der Waals surface area (Å²) in [4.78, 5) is 23.2. The number of amides is 1. The normalized spacial score (nSPS) is 13.2. The summed E-state index contributed by atoms with van der Waals surface area (Å²) in [5.41, 5.74) is -1.02. The molecular formula is C15H13F3N2O2. The molecule has 0 heterocycles. The van der Waals surface area contributed by atoms with Gasteiger partial charge in [-0.15, -0.1) is 0 Å². The van der Waals surface area contributed by atoms with Crippen LogP contribution in [0, 0.1) is 17.2 Å². The Hall–Kier alpha value is -2.62. The first-order valence-electron chi connectivity index (χ1n) is 6.22. The van der Waals surface area contributed by atoms with Crippen molar-refractivity contribution in [2.45, 2.75) is 13.1 Å². The molecule has 0 aromatic heterocycles. The summed E-state index contributed by atoms with van der Waals surface area (Å²) in [6, 6.07) is 6.30. The molecule has 0 aliphatic rings. The van der Waals surface area contributed by atoms with Gasteiger partial charge in [0.25, 0.3) is 0 Å². The highest BCUT2D eigenvalue weighted by Gasteiger charge is 2.33.